The summed E-state index contributed by atoms with van der Waals surface area (Å²) < 4.78 is 1.52. The van der Waals surface area contributed by atoms with Crippen LogP contribution in [0.2, 0.25) is 5.02 Å². The molecule has 0 saturated carbocycles. The fourth-order valence-corrected chi connectivity index (χ4v) is 2.89. The molecular formula is C19H18ClN3O2. The van der Waals surface area contributed by atoms with Crippen molar-refractivity contribution in [2.75, 3.05) is 6.54 Å². The molecule has 0 saturated heterocycles. The zero-order valence-corrected chi connectivity index (χ0v) is 14.8. The quantitative estimate of drug-likeness (QED) is 0.782. The maximum atomic E-state index is 12.5. The van der Waals surface area contributed by atoms with Crippen LogP contribution >= 0.6 is 11.6 Å². The van der Waals surface area contributed by atoms with Crippen LogP contribution in [0.4, 0.5) is 0 Å². The number of likely N-dealkylation sites (N-methyl/N-ethyl adjacent to an activating group) is 1. The molecule has 0 fully saturated rings. The maximum Gasteiger partial charge on any atom is 0.261 e. The van der Waals surface area contributed by atoms with Crippen LogP contribution in [0.15, 0.2) is 47.3 Å². The van der Waals surface area contributed by atoms with Crippen molar-refractivity contribution in [1.82, 2.24) is 14.9 Å². The molecule has 6 heteroatoms. The van der Waals surface area contributed by atoms with Crippen molar-refractivity contribution in [3.05, 3.63) is 63.4 Å². The van der Waals surface area contributed by atoms with Crippen molar-refractivity contribution in [3.8, 4) is 11.4 Å². The van der Waals surface area contributed by atoms with E-state index in [1.165, 1.54) is 4.57 Å². The Morgan fingerprint density at radius 1 is 1.20 bits per heavy atom. The number of nitrogens with zero attached hydrogens (tertiary/aromatic N) is 2. The number of carbonyl (C=O) groups is 1. The van der Waals surface area contributed by atoms with Gasteiger partial charge in [-0.05, 0) is 30.7 Å². The zero-order valence-electron chi connectivity index (χ0n) is 14.0. The van der Waals surface area contributed by atoms with Crippen molar-refractivity contribution in [1.29, 1.82) is 0 Å². The lowest BCUT2D eigenvalue weighted by Crippen LogP contribution is -2.24. The topological polar surface area (TPSA) is 64.0 Å². The summed E-state index contributed by atoms with van der Waals surface area (Å²) >= 11 is 6.02. The molecule has 0 radical (unpaired) electrons. The van der Waals surface area contributed by atoms with Crippen molar-refractivity contribution in [2.45, 2.75) is 13.3 Å². The molecule has 128 valence electrons. The second kappa shape index (κ2) is 7.07. The average molecular weight is 356 g/mol. The number of hydrogen-bond acceptors (Lipinski definition) is 3. The molecule has 3 rings (SSSR count). The van der Waals surface area contributed by atoms with Gasteiger partial charge < -0.3 is 5.32 Å². The first-order chi connectivity index (χ1) is 12.0. The molecule has 3 aromatic rings. The molecule has 0 aliphatic heterocycles. The Morgan fingerprint density at radius 3 is 2.60 bits per heavy atom. The Balaban J connectivity index is 2.00. The van der Waals surface area contributed by atoms with Gasteiger partial charge in [0, 0.05) is 24.2 Å². The molecule has 5 nitrogen and oxygen atoms in total. The molecule has 0 atom stereocenters. The van der Waals surface area contributed by atoms with E-state index in [1.807, 2.05) is 31.2 Å². The second-order valence-electron chi connectivity index (χ2n) is 5.79. The molecule has 0 spiro atoms. The maximum absolute atomic E-state index is 12.5. The number of rotatable bonds is 4. The minimum atomic E-state index is -0.122. The molecule has 2 aromatic carbocycles. The summed E-state index contributed by atoms with van der Waals surface area (Å²) in [6.07, 6.45) is 0.327. The predicted octanol–water partition coefficient (Wildman–Crippen LogP) is 2.93. The lowest BCUT2D eigenvalue weighted by molar-refractivity contribution is -0.120. The smallest absolute Gasteiger partial charge is 0.261 e. The van der Waals surface area contributed by atoms with Crippen LogP contribution in [0.25, 0.3) is 22.3 Å². The van der Waals surface area contributed by atoms with Gasteiger partial charge in [-0.1, -0.05) is 35.9 Å². The summed E-state index contributed by atoms with van der Waals surface area (Å²) in [6, 6.07) is 12.5. The number of fused-ring (bicyclic) bond motifs is 1. The largest absolute Gasteiger partial charge is 0.356 e. The van der Waals surface area contributed by atoms with Gasteiger partial charge >= 0.3 is 0 Å². The average Bonchev–Trinajstić information content (AvgIpc) is 2.59. The number of benzene rings is 2. The number of aromatic nitrogens is 2. The standard InChI is InChI=1S/C19H18ClN3O2/c1-3-21-17(24)10-12-4-6-13(7-5-12)18-22-16-11-14(20)8-9-15(16)19(25)23(18)2/h4-9,11H,3,10H2,1-2H3,(H,21,24). The van der Waals surface area contributed by atoms with Crippen molar-refractivity contribution < 1.29 is 4.79 Å². The summed E-state index contributed by atoms with van der Waals surface area (Å²) in [6.45, 7) is 2.50. The first-order valence-electron chi connectivity index (χ1n) is 8.02. The number of hydrogen-bond donors (Lipinski definition) is 1. The van der Waals surface area contributed by atoms with Gasteiger partial charge in [-0.25, -0.2) is 4.98 Å². The molecule has 1 aromatic heterocycles. The van der Waals surface area contributed by atoms with Gasteiger partial charge in [0.1, 0.15) is 5.82 Å². The molecule has 1 N–H and O–H groups in total. The van der Waals surface area contributed by atoms with E-state index >= 15 is 0 Å². The van der Waals surface area contributed by atoms with E-state index in [9.17, 15) is 9.59 Å². The lowest BCUT2D eigenvalue weighted by Gasteiger charge is -2.10. The molecule has 0 aliphatic carbocycles. The third-order valence-corrected chi connectivity index (χ3v) is 4.22. The molecule has 25 heavy (non-hydrogen) atoms. The molecule has 0 unspecified atom stereocenters. The van der Waals surface area contributed by atoms with Gasteiger partial charge in [-0.15, -0.1) is 0 Å². The summed E-state index contributed by atoms with van der Waals surface area (Å²) in [5.41, 5.74) is 2.16. The van der Waals surface area contributed by atoms with Gasteiger partial charge in [0.05, 0.1) is 17.3 Å². The monoisotopic (exact) mass is 355 g/mol. The first-order valence-corrected chi connectivity index (χ1v) is 8.39. The predicted molar refractivity (Wildman–Crippen MR) is 99.8 cm³/mol. The number of nitrogens with one attached hydrogen (secondary N) is 1. The zero-order chi connectivity index (χ0) is 18.0. The molecule has 1 heterocycles. The van der Waals surface area contributed by atoms with Crippen LogP contribution in [0, 0.1) is 0 Å². The summed E-state index contributed by atoms with van der Waals surface area (Å²) in [7, 11) is 1.70. The van der Waals surface area contributed by atoms with Gasteiger partial charge in [0.25, 0.3) is 5.56 Å². The Bertz CT molecular complexity index is 994. The highest BCUT2D eigenvalue weighted by Crippen LogP contribution is 2.21. The molecule has 0 aliphatic rings. The Labute approximate surface area is 150 Å². The number of amides is 1. The van der Waals surface area contributed by atoms with Crippen molar-refractivity contribution in [3.63, 3.8) is 0 Å². The van der Waals surface area contributed by atoms with E-state index in [2.05, 4.69) is 10.3 Å². The van der Waals surface area contributed by atoms with Crippen LogP contribution in [-0.2, 0) is 18.3 Å². The van der Waals surface area contributed by atoms with Crippen molar-refractivity contribution in [2.24, 2.45) is 7.05 Å². The van der Waals surface area contributed by atoms with E-state index in [1.54, 1.807) is 25.2 Å². The van der Waals surface area contributed by atoms with E-state index in [-0.39, 0.29) is 11.5 Å². The number of carbonyl (C=O) groups excluding carboxylic acids is 1. The van der Waals surface area contributed by atoms with Gasteiger partial charge in [-0.3, -0.25) is 14.2 Å². The van der Waals surface area contributed by atoms with Crippen LogP contribution in [-0.4, -0.2) is 22.0 Å². The highest BCUT2D eigenvalue weighted by Gasteiger charge is 2.11. The third-order valence-electron chi connectivity index (χ3n) is 3.99. The van der Waals surface area contributed by atoms with Gasteiger partial charge in [-0.2, -0.15) is 0 Å². The Morgan fingerprint density at radius 2 is 1.92 bits per heavy atom. The Kier molecular flexibility index (Phi) is 4.86. The molecular weight excluding hydrogens is 338 g/mol. The van der Waals surface area contributed by atoms with Crippen molar-refractivity contribution >= 4 is 28.4 Å². The highest BCUT2D eigenvalue weighted by molar-refractivity contribution is 6.31. The van der Waals surface area contributed by atoms with E-state index < -0.39 is 0 Å². The fourth-order valence-electron chi connectivity index (χ4n) is 2.72. The van der Waals surface area contributed by atoms with Gasteiger partial charge in [0.15, 0.2) is 0 Å². The fraction of sp³-hybridized carbons (Fsp3) is 0.211. The van der Waals surface area contributed by atoms with Crippen LogP contribution in [0.5, 0.6) is 0 Å². The summed E-state index contributed by atoms with van der Waals surface area (Å²) in [5, 5.41) is 3.84. The van der Waals surface area contributed by atoms with Crippen LogP contribution in [0.1, 0.15) is 12.5 Å². The van der Waals surface area contributed by atoms with Crippen LogP contribution in [0.3, 0.4) is 0 Å². The molecule has 1 amide bonds. The minimum absolute atomic E-state index is 0.0128. The minimum Gasteiger partial charge on any atom is -0.356 e. The second-order valence-corrected chi connectivity index (χ2v) is 6.22. The summed E-state index contributed by atoms with van der Waals surface area (Å²) in [4.78, 5) is 28.8. The Hall–Kier alpha value is -2.66. The highest BCUT2D eigenvalue weighted by atomic mass is 35.5. The summed E-state index contributed by atoms with van der Waals surface area (Å²) in [5.74, 6) is 0.547. The van der Waals surface area contributed by atoms with E-state index in [0.717, 1.165) is 11.1 Å². The number of halogens is 1. The first kappa shape index (κ1) is 17.2. The van der Waals surface area contributed by atoms with Crippen LogP contribution < -0.4 is 10.9 Å². The van der Waals surface area contributed by atoms with Gasteiger partial charge in [0.2, 0.25) is 5.91 Å². The van der Waals surface area contributed by atoms with E-state index in [4.69, 9.17) is 11.6 Å². The SMILES string of the molecule is CCNC(=O)Cc1ccc(-c2nc3cc(Cl)ccc3c(=O)n2C)cc1. The third kappa shape index (κ3) is 3.56. The normalized spacial score (nSPS) is 10.8. The molecule has 0 bridgehead atoms. The lowest BCUT2D eigenvalue weighted by atomic mass is 10.1. The van der Waals surface area contributed by atoms with E-state index in [0.29, 0.717) is 34.7 Å².